The molecule has 10 nitrogen and oxygen atoms in total. The highest BCUT2D eigenvalue weighted by molar-refractivity contribution is 5.92. The molecule has 0 fully saturated rings. The van der Waals surface area contributed by atoms with Gasteiger partial charge in [-0.25, -0.2) is 0 Å². The fraction of sp³-hybridized carbons (Fsp3) is 0.429. The number of nitrogens with one attached hydrogen (secondary N) is 2. The molecule has 3 heterocycles. The van der Waals surface area contributed by atoms with E-state index in [0.717, 1.165) is 5.56 Å². The number of aromatic amines is 1. The van der Waals surface area contributed by atoms with Crippen LogP contribution in [0.25, 0.3) is 0 Å². The maximum absolute atomic E-state index is 12.4. The Morgan fingerprint density at radius 1 is 1.50 bits per heavy atom. The Bertz CT molecular complexity index is 822. The van der Waals surface area contributed by atoms with Gasteiger partial charge in [-0.05, 0) is 25.8 Å². The molecule has 3 rings (SSSR count). The smallest absolute Gasteiger partial charge is 0.274 e. The van der Waals surface area contributed by atoms with E-state index in [-0.39, 0.29) is 11.6 Å². The van der Waals surface area contributed by atoms with Crippen molar-refractivity contribution < 1.29 is 9.32 Å². The molecule has 1 amide bonds. The molecule has 0 saturated heterocycles. The maximum Gasteiger partial charge on any atom is 0.274 e. The largest absolute Gasteiger partial charge is 0.359 e. The van der Waals surface area contributed by atoms with Crippen LogP contribution in [0.15, 0.2) is 23.0 Å². The van der Waals surface area contributed by atoms with Gasteiger partial charge in [-0.1, -0.05) is 17.3 Å². The third-order valence-electron chi connectivity index (χ3n) is 3.81. The van der Waals surface area contributed by atoms with Gasteiger partial charge >= 0.3 is 0 Å². The third-order valence-corrected chi connectivity index (χ3v) is 3.81. The average molecular weight is 330 g/mol. The summed E-state index contributed by atoms with van der Waals surface area (Å²) in [6, 6.07) is 1.60. The van der Waals surface area contributed by atoms with Crippen LogP contribution in [0.4, 0.5) is 0 Å². The van der Waals surface area contributed by atoms with Crippen molar-refractivity contribution in [1.82, 2.24) is 40.9 Å². The van der Waals surface area contributed by atoms with E-state index in [9.17, 15) is 4.79 Å². The van der Waals surface area contributed by atoms with Gasteiger partial charge in [-0.3, -0.25) is 9.48 Å². The monoisotopic (exact) mass is 330 g/mol. The number of aromatic nitrogens is 7. The lowest BCUT2D eigenvalue weighted by Gasteiger charge is -2.25. The first-order chi connectivity index (χ1) is 11.5. The first-order valence-corrected chi connectivity index (χ1v) is 7.51. The molecule has 1 unspecified atom stereocenters. The second kappa shape index (κ2) is 6.22. The van der Waals surface area contributed by atoms with E-state index >= 15 is 0 Å². The molecule has 3 aromatic heterocycles. The minimum Gasteiger partial charge on any atom is -0.359 e. The number of hydrogen-bond acceptors (Lipinski definition) is 7. The number of hydrogen-bond donors (Lipinski definition) is 2. The summed E-state index contributed by atoms with van der Waals surface area (Å²) in [5, 5.41) is 24.7. The standard InChI is InChI=1S/C14H18N8O2/c1-4-14(3,13-17-20-21-18-13)16-12(23)11-5-10(24-19-11)8-22-7-9(2)6-15-22/h5-7H,4,8H2,1-3H3,(H,16,23)(H,17,18,20,21). The zero-order valence-corrected chi connectivity index (χ0v) is 13.6. The minimum absolute atomic E-state index is 0.192. The van der Waals surface area contributed by atoms with Crippen molar-refractivity contribution in [3.8, 4) is 0 Å². The molecular weight excluding hydrogens is 312 g/mol. The van der Waals surface area contributed by atoms with Crippen molar-refractivity contribution in [1.29, 1.82) is 0 Å². The Morgan fingerprint density at radius 3 is 2.96 bits per heavy atom. The highest BCUT2D eigenvalue weighted by Gasteiger charge is 2.32. The fourth-order valence-corrected chi connectivity index (χ4v) is 2.22. The van der Waals surface area contributed by atoms with Crippen LogP contribution in [-0.2, 0) is 12.1 Å². The molecule has 10 heteroatoms. The third kappa shape index (κ3) is 3.16. The Balaban J connectivity index is 1.71. The van der Waals surface area contributed by atoms with Gasteiger partial charge in [0.05, 0.1) is 6.20 Å². The number of tetrazole rings is 1. The summed E-state index contributed by atoms with van der Waals surface area (Å²) in [5.41, 5.74) is 0.491. The highest BCUT2D eigenvalue weighted by atomic mass is 16.5. The van der Waals surface area contributed by atoms with E-state index in [1.165, 1.54) is 0 Å². The zero-order valence-electron chi connectivity index (χ0n) is 13.6. The average Bonchev–Trinajstić information content (AvgIpc) is 3.29. The van der Waals surface area contributed by atoms with Crippen LogP contribution in [0.5, 0.6) is 0 Å². The number of amides is 1. The zero-order chi connectivity index (χ0) is 17.2. The minimum atomic E-state index is -0.748. The molecule has 0 aliphatic heterocycles. The Kier molecular flexibility index (Phi) is 4.11. The van der Waals surface area contributed by atoms with Crippen LogP contribution in [0, 0.1) is 6.92 Å². The number of aryl methyl sites for hydroxylation is 1. The summed E-state index contributed by atoms with van der Waals surface area (Å²) >= 11 is 0. The predicted octanol–water partition coefficient (Wildman–Crippen LogP) is 0.796. The number of nitrogens with zero attached hydrogens (tertiary/aromatic N) is 6. The van der Waals surface area contributed by atoms with Crippen LogP contribution >= 0.6 is 0 Å². The topological polar surface area (TPSA) is 127 Å². The lowest BCUT2D eigenvalue weighted by molar-refractivity contribution is 0.0888. The summed E-state index contributed by atoms with van der Waals surface area (Å²) in [4.78, 5) is 12.4. The number of carbonyl (C=O) groups is 1. The molecular formula is C14H18N8O2. The first kappa shape index (κ1) is 15.8. The molecule has 24 heavy (non-hydrogen) atoms. The second-order valence-electron chi connectivity index (χ2n) is 5.77. The molecule has 0 bridgehead atoms. The summed E-state index contributed by atoms with van der Waals surface area (Å²) in [6.07, 6.45) is 4.23. The van der Waals surface area contributed by atoms with Crippen LogP contribution in [0.3, 0.4) is 0 Å². The van der Waals surface area contributed by atoms with E-state index < -0.39 is 5.54 Å². The van der Waals surface area contributed by atoms with Gasteiger partial charge in [0.25, 0.3) is 5.91 Å². The molecule has 126 valence electrons. The highest BCUT2D eigenvalue weighted by Crippen LogP contribution is 2.20. The summed E-state index contributed by atoms with van der Waals surface area (Å²) in [7, 11) is 0. The van der Waals surface area contributed by atoms with Crippen molar-refractivity contribution in [2.75, 3.05) is 0 Å². The summed E-state index contributed by atoms with van der Waals surface area (Å²) in [6.45, 7) is 6.10. The van der Waals surface area contributed by atoms with E-state index in [1.807, 2.05) is 27.0 Å². The van der Waals surface area contributed by atoms with Gasteiger partial charge < -0.3 is 9.84 Å². The van der Waals surface area contributed by atoms with Crippen LogP contribution in [-0.4, -0.2) is 41.5 Å². The number of rotatable bonds is 6. The lowest BCUT2D eigenvalue weighted by atomic mass is 9.98. The summed E-state index contributed by atoms with van der Waals surface area (Å²) < 4.78 is 6.93. The van der Waals surface area contributed by atoms with Gasteiger partial charge in [0.15, 0.2) is 17.3 Å². The normalized spacial score (nSPS) is 13.6. The molecule has 0 radical (unpaired) electrons. The van der Waals surface area contributed by atoms with E-state index in [4.69, 9.17) is 4.52 Å². The molecule has 0 aliphatic rings. The lowest BCUT2D eigenvalue weighted by Crippen LogP contribution is -2.44. The molecule has 0 aromatic carbocycles. The Morgan fingerprint density at radius 2 is 2.33 bits per heavy atom. The van der Waals surface area contributed by atoms with E-state index in [0.29, 0.717) is 24.6 Å². The van der Waals surface area contributed by atoms with E-state index in [1.54, 1.807) is 16.9 Å². The fourth-order valence-electron chi connectivity index (χ4n) is 2.22. The van der Waals surface area contributed by atoms with Crippen molar-refractivity contribution in [3.63, 3.8) is 0 Å². The Hall–Kier alpha value is -3.04. The van der Waals surface area contributed by atoms with E-state index in [2.05, 4.69) is 36.2 Å². The van der Waals surface area contributed by atoms with Gasteiger partial charge in [-0.15, -0.1) is 10.2 Å². The molecule has 2 N–H and O–H groups in total. The number of carbonyl (C=O) groups excluding carboxylic acids is 1. The van der Waals surface area contributed by atoms with Gasteiger partial charge in [0.2, 0.25) is 0 Å². The number of H-pyrrole nitrogens is 1. The Labute approximate surface area is 137 Å². The summed E-state index contributed by atoms with van der Waals surface area (Å²) in [5.74, 6) is 0.589. The molecule has 0 saturated carbocycles. The van der Waals surface area contributed by atoms with Crippen LogP contribution in [0.1, 0.15) is 47.9 Å². The van der Waals surface area contributed by atoms with Crippen LogP contribution in [0.2, 0.25) is 0 Å². The van der Waals surface area contributed by atoms with Crippen molar-refractivity contribution in [2.24, 2.45) is 0 Å². The quantitative estimate of drug-likeness (QED) is 0.684. The van der Waals surface area contributed by atoms with Crippen molar-refractivity contribution in [2.45, 2.75) is 39.3 Å². The molecule has 0 aliphatic carbocycles. The predicted molar refractivity (Wildman–Crippen MR) is 81.9 cm³/mol. The van der Waals surface area contributed by atoms with Crippen molar-refractivity contribution >= 4 is 5.91 Å². The second-order valence-corrected chi connectivity index (χ2v) is 5.77. The van der Waals surface area contributed by atoms with Gasteiger partial charge in [0, 0.05) is 12.3 Å². The van der Waals surface area contributed by atoms with Gasteiger partial charge in [0.1, 0.15) is 12.1 Å². The van der Waals surface area contributed by atoms with Crippen molar-refractivity contribution in [3.05, 3.63) is 41.3 Å². The maximum atomic E-state index is 12.4. The molecule has 1 atom stereocenters. The molecule has 3 aromatic rings. The van der Waals surface area contributed by atoms with Crippen LogP contribution < -0.4 is 5.32 Å². The SMILES string of the molecule is CCC(C)(NC(=O)c1cc(Cn2cc(C)cn2)on1)c1nn[nH]n1. The van der Waals surface area contributed by atoms with Gasteiger partial charge in [-0.2, -0.15) is 10.3 Å². The molecule has 0 spiro atoms. The first-order valence-electron chi connectivity index (χ1n) is 7.51.